The lowest BCUT2D eigenvalue weighted by Crippen LogP contribution is -2.46. The van der Waals surface area contributed by atoms with Gasteiger partial charge in [-0.2, -0.15) is 0 Å². The fourth-order valence-electron chi connectivity index (χ4n) is 2.44. The van der Waals surface area contributed by atoms with Crippen molar-refractivity contribution in [3.8, 4) is 0 Å². The van der Waals surface area contributed by atoms with E-state index in [4.69, 9.17) is 0 Å². The number of likely N-dealkylation sites (N-methyl/N-ethyl adjacent to an activating group) is 2. The normalized spacial score (nSPS) is 12.9. The summed E-state index contributed by atoms with van der Waals surface area (Å²) in [7, 11) is 3.96. The van der Waals surface area contributed by atoms with Gasteiger partial charge in [0.05, 0.1) is 0 Å². The maximum Gasteiger partial charge on any atom is 0.193 e. The first-order valence-corrected chi connectivity index (χ1v) is 8.68. The zero-order chi connectivity index (χ0) is 15.7. The second-order valence-corrected chi connectivity index (χ2v) is 6.28. The molecule has 6 heteroatoms. The molecule has 1 atom stereocenters. The van der Waals surface area contributed by atoms with Crippen LogP contribution in [-0.2, 0) is 6.42 Å². The van der Waals surface area contributed by atoms with Crippen LogP contribution >= 0.6 is 35.3 Å². The second-order valence-electron chi connectivity index (χ2n) is 5.25. The van der Waals surface area contributed by atoms with E-state index in [0.717, 1.165) is 38.6 Å². The molecule has 1 rings (SSSR count). The van der Waals surface area contributed by atoms with Crippen molar-refractivity contribution in [2.75, 3.05) is 40.3 Å². The minimum Gasteiger partial charge on any atom is -0.355 e. The maximum atomic E-state index is 4.39. The van der Waals surface area contributed by atoms with Gasteiger partial charge in [0.1, 0.15) is 0 Å². The Kier molecular flexibility index (Phi) is 11.9. The molecular weight excluding hydrogens is 407 g/mol. The number of guanidine groups is 1. The molecule has 0 aliphatic heterocycles. The van der Waals surface area contributed by atoms with E-state index in [2.05, 4.69) is 65.4 Å². The van der Waals surface area contributed by atoms with E-state index in [9.17, 15) is 0 Å². The van der Waals surface area contributed by atoms with Crippen molar-refractivity contribution in [2.24, 2.45) is 4.99 Å². The minimum absolute atomic E-state index is 0. The molecule has 1 aromatic heterocycles. The Labute approximate surface area is 157 Å². The summed E-state index contributed by atoms with van der Waals surface area (Å²) in [6.45, 7) is 10.8. The van der Waals surface area contributed by atoms with Gasteiger partial charge in [-0.15, -0.1) is 35.3 Å². The summed E-state index contributed by atoms with van der Waals surface area (Å²) in [6.07, 6.45) is 1.07. The standard InChI is InChI=1S/C16H30N4S.HI/c1-6-20(7-2)14(3)13-18-16(17-4)19(5)11-10-15-9-8-12-21-15;/h8-9,12,14H,6-7,10-11,13H2,1-5H3,(H,17,18);1H. The van der Waals surface area contributed by atoms with Crippen molar-refractivity contribution in [1.29, 1.82) is 0 Å². The Morgan fingerprint density at radius 1 is 1.36 bits per heavy atom. The molecule has 1 heterocycles. The first-order valence-electron chi connectivity index (χ1n) is 7.80. The Balaban J connectivity index is 0.00000441. The number of nitrogens with one attached hydrogen (secondary N) is 1. The summed E-state index contributed by atoms with van der Waals surface area (Å²) in [5, 5.41) is 5.62. The zero-order valence-electron chi connectivity index (χ0n) is 14.5. The van der Waals surface area contributed by atoms with Crippen LogP contribution in [0.4, 0.5) is 0 Å². The molecule has 0 aliphatic carbocycles. The first kappa shape index (κ1) is 21.7. The number of halogens is 1. The van der Waals surface area contributed by atoms with Crippen LogP contribution in [0.5, 0.6) is 0 Å². The fourth-order valence-corrected chi connectivity index (χ4v) is 3.14. The van der Waals surface area contributed by atoms with Crippen LogP contribution in [0.25, 0.3) is 0 Å². The van der Waals surface area contributed by atoms with Crippen LogP contribution in [0, 0.1) is 0 Å². The highest BCUT2D eigenvalue weighted by Gasteiger charge is 2.12. The van der Waals surface area contributed by atoms with Gasteiger partial charge in [-0.1, -0.05) is 19.9 Å². The number of hydrogen-bond donors (Lipinski definition) is 1. The maximum absolute atomic E-state index is 4.39. The number of nitrogens with zero attached hydrogens (tertiary/aromatic N) is 3. The van der Waals surface area contributed by atoms with E-state index >= 15 is 0 Å². The minimum atomic E-state index is 0. The molecule has 22 heavy (non-hydrogen) atoms. The third kappa shape index (κ3) is 7.28. The van der Waals surface area contributed by atoms with Crippen LogP contribution in [0.1, 0.15) is 25.6 Å². The first-order chi connectivity index (χ1) is 10.1. The molecule has 0 aromatic carbocycles. The van der Waals surface area contributed by atoms with Gasteiger partial charge >= 0.3 is 0 Å². The molecule has 4 nitrogen and oxygen atoms in total. The van der Waals surface area contributed by atoms with Crippen LogP contribution in [0.15, 0.2) is 22.5 Å². The summed E-state index contributed by atoms with van der Waals surface area (Å²) in [6, 6.07) is 4.82. The van der Waals surface area contributed by atoms with Crippen molar-refractivity contribution in [2.45, 2.75) is 33.2 Å². The lowest BCUT2D eigenvalue weighted by atomic mass is 10.3. The second kappa shape index (κ2) is 12.1. The van der Waals surface area contributed by atoms with Gasteiger partial charge in [0, 0.05) is 38.1 Å². The molecule has 0 aliphatic rings. The van der Waals surface area contributed by atoms with Gasteiger partial charge in [0.2, 0.25) is 0 Å². The van der Waals surface area contributed by atoms with Crippen LogP contribution < -0.4 is 5.32 Å². The van der Waals surface area contributed by atoms with E-state index < -0.39 is 0 Å². The summed E-state index contributed by atoms with van der Waals surface area (Å²) in [5.41, 5.74) is 0. The third-order valence-corrected chi connectivity index (χ3v) is 4.77. The smallest absolute Gasteiger partial charge is 0.193 e. The van der Waals surface area contributed by atoms with Crippen molar-refractivity contribution in [1.82, 2.24) is 15.1 Å². The van der Waals surface area contributed by atoms with Gasteiger partial charge in [-0.3, -0.25) is 9.89 Å². The lowest BCUT2D eigenvalue weighted by molar-refractivity contribution is 0.230. The Hall–Kier alpha value is -0.340. The topological polar surface area (TPSA) is 30.9 Å². The summed E-state index contributed by atoms with van der Waals surface area (Å²) in [5.74, 6) is 0.977. The average Bonchev–Trinajstić information content (AvgIpc) is 3.00. The van der Waals surface area contributed by atoms with Crippen LogP contribution in [-0.4, -0.2) is 62.1 Å². The van der Waals surface area contributed by atoms with E-state index in [1.807, 2.05) is 18.4 Å². The summed E-state index contributed by atoms with van der Waals surface area (Å²) >= 11 is 1.82. The predicted octanol–water partition coefficient (Wildman–Crippen LogP) is 3.15. The lowest BCUT2D eigenvalue weighted by Gasteiger charge is -2.29. The number of thiophene rings is 1. The molecule has 0 fully saturated rings. The van der Waals surface area contributed by atoms with Crippen molar-refractivity contribution < 1.29 is 0 Å². The molecule has 0 saturated carbocycles. The Bertz CT molecular complexity index is 404. The molecule has 1 unspecified atom stereocenters. The van der Waals surface area contributed by atoms with E-state index in [0.29, 0.717) is 6.04 Å². The molecule has 128 valence electrons. The quantitative estimate of drug-likeness (QED) is 0.385. The number of aliphatic imine (C=N–C) groups is 1. The summed E-state index contributed by atoms with van der Waals surface area (Å²) in [4.78, 5) is 10.5. The van der Waals surface area contributed by atoms with E-state index in [1.165, 1.54) is 4.88 Å². The summed E-state index contributed by atoms with van der Waals surface area (Å²) < 4.78 is 0. The van der Waals surface area contributed by atoms with Crippen molar-refractivity contribution in [3.05, 3.63) is 22.4 Å². The van der Waals surface area contributed by atoms with E-state index in [-0.39, 0.29) is 24.0 Å². The monoisotopic (exact) mass is 438 g/mol. The van der Waals surface area contributed by atoms with Crippen molar-refractivity contribution >= 4 is 41.3 Å². The van der Waals surface area contributed by atoms with Gasteiger partial charge < -0.3 is 10.2 Å². The molecule has 1 aromatic rings. The molecule has 0 radical (unpaired) electrons. The number of rotatable bonds is 8. The van der Waals surface area contributed by atoms with Gasteiger partial charge in [-0.25, -0.2) is 0 Å². The number of hydrogen-bond acceptors (Lipinski definition) is 3. The zero-order valence-corrected chi connectivity index (χ0v) is 17.6. The predicted molar refractivity (Wildman–Crippen MR) is 110 cm³/mol. The van der Waals surface area contributed by atoms with Crippen LogP contribution in [0.3, 0.4) is 0 Å². The molecule has 0 spiro atoms. The molecule has 0 saturated heterocycles. The highest BCUT2D eigenvalue weighted by molar-refractivity contribution is 14.0. The highest BCUT2D eigenvalue weighted by Crippen LogP contribution is 2.09. The highest BCUT2D eigenvalue weighted by atomic mass is 127. The third-order valence-electron chi connectivity index (χ3n) is 3.84. The molecule has 1 N–H and O–H groups in total. The van der Waals surface area contributed by atoms with Gasteiger partial charge in [-0.05, 0) is 37.9 Å². The fraction of sp³-hybridized carbons (Fsp3) is 0.688. The van der Waals surface area contributed by atoms with Gasteiger partial charge in [0.25, 0.3) is 0 Å². The van der Waals surface area contributed by atoms with E-state index in [1.54, 1.807) is 0 Å². The largest absolute Gasteiger partial charge is 0.355 e. The molecule has 0 bridgehead atoms. The molecule has 0 amide bonds. The van der Waals surface area contributed by atoms with Crippen molar-refractivity contribution in [3.63, 3.8) is 0 Å². The Morgan fingerprint density at radius 3 is 2.55 bits per heavy atom. The average molecular weight is 438 g/mol. The van der Waals surface area contributed by atoms with Crippen LogP contribution in [0.2, 0.25) is 0 Å². The Morgan fingerprint density at radius 2 is 2.05 bits per heavy atom. The van der Waals surface area contributed by atoms with Gasteiger partial charge in [0.15, 0.2) is 5.96 Å². The SMILES string of the molecule is CCN(CC)C(C)CNC(=NC)N(C)CCc1cccs1.I. The molecular formula is C16H31IN4S.